The summed E-state index contributed by atoms with van der Waals surface area (Å²) in [7, 11) is 1.63. The molecule has 1 aliphatic rings. The van der Waals surface area contributed by atoms with Crippen LogP contribution in [0, 0.1) is 34.4 Å². The molecule has 2 heterocycles. The standard InChI is InChI=1S/C30H27F2N7/c1-30(2,32)27(23-12-24(14-26(31)13-23)29-35-37-38(3)36-29)25-17-39(18-25)28(21-9-7-19(15-33)8-10-21)22-6-4-5-20(11-22)16-34/h4-14,25,27-28H,17-18H2,1-3H3. The van der Waals surface area contributed by atoms with Gasteiger partial charge in [0.15, 0.2) is 0 Å². The van der Waals surface area contributed by atoms with Gasteiger partial charge in [-0.3, -0.25) is 4.90 Å². The van der Waals surface area contributed by atoms with E-state index >= 15 is 4.39 Å². The van der Waals surface area contributed by atoms with Crippen LogP contribution in [-0.4, -0.2) is 43.9 Å². The molecule has 9 heteroatoms. The minimum absolute atomic E-state index is 0.0884. The van der Waals surface area contributed by atoms with Crippen molar-refractivity contribution in [3.63, 3.8) is 0 Å². The van der Waals surface area contributed by atoms with Crippen LogP contribution in [0.1, 0.15) is 53.6 Å². The second kappa shape index (κ2) is 10.4. The van der Waals surface area contributed by atoms with Crippen LogP contribution in [-0.2, 0) is 7.05 Å². The summed E-state index contributed by atoms with van der Waals surface area (Å²) >= 11 is 0. The number of hydrogen-bond acceptors (Lipinski definition) is 6. The molecule has 3 aromatic carbocycles. The fraction of sp³-hybridized carbons (Fsp3) is 0.300. The van der Waals surface area contributed by atoms with Crippen molar-refractivity contribution in [2.24, 2.45) is 13.0 Å². The molecule has 0 saturated carbocycles. The zero-order valence-corrected chi connectivity index (χ0v) is 21.9. The number of nitriles is 2. The zero-order chi connectivity index (χ0) is 27.7. The van der Waals surface area contributed by atoms with Gasteiger partial charge in [0.25, 0.3) is 0 Å². The van der Waals surface area contributed by atoms with Gasteiger partial charge < -0.3 is 0 Å². The summed E-state index contributed by atoms with van der Waals surface area (Å²) in [6, 6.07) is 23.5. The van der Waals surface area contributed by atoms with Crippen LogP contribution >= 0.6 is 0 Å². The summed E-state index contributed by atoms with van der Waals surface area (Å²) in [4.78, 5) is 3.52. The van der Waals surface area contributed by atoms with Crippen molar-refractivity contribution in [1.29, 1.82) is 10.5 Å². The highest BCUT2D eigenvalue weighted by Gasteiger charge is 2.45. The van der Waals surface area contributed by atoms with E-state index in [-0.39, 0.29) is 17.8 Å². The van der Waals surface area contributed by atoms with Gasteiger partial charge in [0.05, 0.1) is 36.4 Å². The fourth-order valence-corrected chi connectivity index (χ4v) is 5.65. The second-order valence-electron chi connectivity index (χ2n) is 10.5. The summed E-state index contributed by atoms with van der Waals surface area (Å²) in [5.41, 5.74) is 2.40. The van der Waals surface area contributed by atoms with E-state index in [4.69, 9.17) is 0 Å². The predicted octanol–water partition coefficient (Wildman–Crippen LogP) is 5.31. The molecule has 0 spiro atoms. The first-order valence-electron chi connectivity index (χ1n) is 12.6. The monoisotopic (exact) mass is 523 g/mol. The lowest BCUT2D eigenvalue weighted by molar-refractivity contribution is 0.00814. The first-order chi connectivity index (χ1) is 18.7. The smallest absolute Gasteiger partial charge is 0.205 e. The molecule has 5 rings (SSSR count). The van der Waals surface area contributed by atoms with Gasteiger partial charge in [-0.25, -0.2) is 8.78 Å². The molecule has 1 aliphatic heterocycles. The minimum Gasteiger partial charge on any atom is -0.292 e. The number of benzene rings is 3. The summed E-state index contributed by atoms with van der Waals surface area (Å²) in [6.07, 6.45) is 0. The van der Waals surface area contributed by atoms with Gasteiger partial charge in [-0.15, -0.1) is 10.2 Å². The third-order valence-corrected chi connectivity index (χ3v) is 7.25. The Kier molecular flexibility index (Phi) is 6.94. The van der Waals surface area contributed by atoms with Crippen LogP contribution in [0.5, 0.6) is 0 Å². The van der Waals surface area contributed by atoms with Crippen molar-refractivity contribution >= 4 is 0 Å². The van der Waals surface area contributed by atoms with Gasteiger partial charge in [0.2, 0.25) is 5.82 Å². The molecule has 39 heavy (non-hydrogen) atoms. The van der Waals surface area contributed by atoms with Crippen molar-refractivity contribution in [3.05, 3.63) is 100 Å². The maximum Gasteiger partial charge on any atom is 0.205 e. The zero-order valence-electron chi connectivity index (χ0n) is 21.9. The SMILES string of the molecule is Cn1nnc(-c2cc(F)cc(C(C3CN(C(c4ccc(C#N)cc4)c4cccc(C#N)c4)C3)C(C)(C)F)c2)n1. The van der Waals surface area contributed by atoms with E-state index in [1.165, 1.54) is 30.8 Å². The third-order valence-electron chi connectivity index (χ3n) is 7.25. The van der Waals surface area contributed by atoms with Crippen molar-refractivity contribution in [1.82, 2.24) is 25.1 Å². The number of aryl methyl sites for hydroxylation is 1. The van der Waals surface area contributed by atoms with E-state index in [2.05, 4.69) is 32.4 Å². The summed E-state index contributed by atoms with van der Waals surface area (Å²) in [5, 5.41) is 30.7. The van der Waals surface area contributed by atoms with E-state index < -0.39 is 17.4 Å². The summed E-state index contributed by atoms with van der Waals surface area (Å²) in [5.74, 6) is -0.868. The van der Waals surface area contributed by atoms with Crippen LogP contribution in [0.15, 0.2) is 66.7 Å². The number of halogens is 2. The Bertz CT molecular complexity index is 1570. The quantitative estimate of drug-likeness (QED) is 0.326. The molecule has 7 nitrogen and oxygen atoms in total. The highest BCUT2D eigenvalue weighted by molar-refractivity contribution is 5.56. The number of hydrogen-bond donors (Lipinski definition) is 0. The molecule has 2 unspecified atom stereocenters. The number of likely N-dealkylation sites (tertiary alicyclic amines) is 1. The highest BCUT2D eigenvalue weighted by Crippen LogP contribution is 2.46. The van der Waals surface area contributed by atoms with Crippen LogP contribution in [0.4, 0.5) is 8.78 Å². The average Bonchev–Trinajstić information content (AvgIpc) is 3.33. The summed E-state index contributed by atoms with van der Waals surface area (Å²) < 4.78 is 30.6. The van der Waals surface area contributed by atoms with E-state index in [0.29, 0.717) is 35.3 Å². The molecule has 4 aromatic rings. The maximum atomic E-state index is 15.8. The predicted molar refractivity (Wildman–Crippen MR) is 141 cm³/mol. The topological polar surface area (TPSA) is 94.4 Å². The molecule has 0 bridgehead atoms. The first kappa shape index (κ1) is 26.1. The Labute approximate surface area is 225 Å². The molecule has 0 radical (unpaired) electrons. The number of aromatic nitrogens is 4. The minimum atomic E-state index is -1.62. The van der Waals surface area contributed by atoms with E-state index in [1.54, 1.807) is 31.3 Å². The van der Waals surface area contributed by atoms with Crippen LogP contribution in [0.2, 0.25) is 0 Å². The Morgan fingerprint density at radius 1 is 0.923 bits per heavy atom. The van der Waals surface area contributed by atoms with Crippen LogP contribution < -0.4 is 0 Å². The lowest BCUT2D eigenvalue weighted by Gasteiger charge is -2.50. The third kappa shape index (κ3) is 5.41. The molecule has 196 valence electrons. The van der Waals surface area contributed by atoms with Gasteiger partial charge in [-0.1, -0.05) is 24.3 Å². The highest BCUT2D eigenvalue weighted by atomic mass is 19.1. The van der Waals surface area contributed by atoms with Crippen molar-refractivity contribution < 1.29 is 8.78 Å². The molecule has 2 atom stereocenters. The molecule has 1 aromatic heterocycles. The molecule has 1 fully saturated rings. The van der Waals surface area contributed by atoms with E-state index in [9.17, 15) is 14.9 Å². The molecule has 0 amide bonds. The normalized spacial score (nSPS) is 15.7. The van der Waals surface area contributed by atoms with Crippen LogP contribution in [0.25, 0.3) is 11.4 Å². The van der Waals surface area contributed by atoms with Crippen molar-refractivity contribution in [2.45, 2.75) is 31.5 Å². The number of rotatable bonds is 7. The Morgan fingerprint density at radius 2 is 1.64 bits per heavy atom. The van der Waals surface area contributed by atoms with E-state index in [1.807, 2.05) is 30.3 Å². The molecule has 1 saturated heterocycles. The number of tetrazole rings is 1. The summed E-state index contributed by atoms with van der Waals surface area (Å²) in [6.45, 7) is 4.18. The van der Waals surface area contributed by atoms with Gasteiger partial charge in [-0.05, 0) is 84.1 Å². The largest absolute Gasteiger partial charge is 0.292 e. The first-order valence-corrected chi connectivity index (χ1v) is 12.6. The van der Waals surface area contributed by atoms with Crippen molar-refractivity contribution in [2.75, 3.05) is 13.1 Å². The van der Waals surface area contributed by atoms with E-state index in [0.717, 1.165) is 11.1 Å². The van der Waals surface area contributed by atoms with Gasteiger partial charge >= 0.3 is 0 Å². The molecular weight excluding hydrogens is 496 g/mol. The maximum absolute atomic E-state index is 15.8. The van der Waals surface area contributed by atoms with Gasteiger partial charge in [-0.2, -0.15) is 15.3 Å². The lowest BCUT2D eigenvalue weighted by Crippen LogP contribution is -2.53. The molecule has 0 N–H and O–H groups in total. The van der Waals surface area contributed by atoms with Crippen LogP contribution in [0.3, 0.4) is 0 Å². The molecule has 0 aliphatic carbocycles. The Morgan fingerprint density at radius 3 is 2.26 bits per heavy atom. The van der Waals surface area contributed by atoms with Gasteiger partial charge in [0, 0.05) is 24.6 Å². The lowest BCUT2D eigenvalue weighted by atomic mass is 9.72. The van der Waals surface area contributed by atoms with Crippen molar-refractivity contribution in [3.8, 4) is 23.5 Å². The number of nitrogens with zero attached hydrogens (tertiary/aromatic N) is 7. The fourth-order valence-electron chi connectivity index (χ4n) is 5.65. The van der Waals surface area contributed by atoms with Gasteiger partial charge in [0.1, 0.15) is 11.5 Å². The molecular formula is C30H27F2N7. The average molecular weight is 524 g/mol. The second-order valence-corrected chi connectivity index (χ2v) is 10.5. The Hall–Kier alpha value is -4.47. The number of alkyl halides is 1. The Balaban J connectivity index is 1.47.